The van der Waals surface area contributed by atoms with Gasteiger partial charge in [-0.3, -0.25) is 4.79 Å². The standard InChI is InChI=1S/C7H11N3O3/c1-5-3-6(10-13-5)9-7(11)4-8-12-2/h4-5H,3H2,1-2H3,(H,9,10,11)/b8-4+. The molecule has 13 heavy (non-hydrogen) atoms. The number of amidine groups is 1. The van der Waals surface area contributed by atoms with Crippen molar-refractivity contribution < 1.29 is 14.5 Å². The number of nitrogens with one attached hydrogen (secondary N) is 1. The van der Waals surface area contributed by atoms with Crippen LogP contribution in [-0.2, 0) is 14.5 Å². The molecule has 1 heterocycles. The van der Waals surface area contributed by atoms with E-state index in [1.165, 1.54) is 7.11 Å². The summed E-state index contributed by atoms with van der Waals surface area (Å²) in [6, 6.07) is 0. The number of nitrogens with zero attached hydrogens (tertiary/aromatic N) is 2. The van der Waals surface area contributed by atoms with Crippen LogP contribution in [0.1, 0.15) is 13.3 Å². The monoisotopic (exact) mass is 185 g/mol. The topological polar surface area (TPSA) is 72.3 Å². The lowest BCUT2D eigenvalue weighted by Crippen LogP contribution is -2.30. The van der Waals surface area contributed by atoms with Gasteiger partial charge >= 0.3 is 0 Å². The largest absolute Gasteiger partial charge is 0.399 e. The Morgan fingerprint density at radius 3 is 3.23 bits per heavy atom. The van der Waals surface area contributed by atoms with Gasteiger partial charge < -0.3 is 15.0 Å². The molecule has 6 nitrogen and oxygen atoms in total. The fraction of sp³-hybridized carbons (Fsp3) is 0.571. The lowest BCUT2D eigenvalue weighted by atomic mass is 10.3. The summed E-state index contributed by atoms with van der Waals surface area (Å²) in [7, 11) is 1.36. The molecule has 1 aliphatic rings. The molecule has 1 N–H and O–H groups in total. The zero-order valence-corrected chi connectivity index (χ0v) is 7.48. The molecule has 0 saturated carbocycles. The molecule has 0 aromatic heterocycles. The minimum absolute atomic E-state index is 0.0228. The summed E-state index contributed by atoms with van der Waals surface area (Å²) < 4.78 is 0. The van der Waals surface area contributed by atoms with Crippen molar-refractivity contribution in [3.8, 4) is 0 Å². The third-order valence-corrected chi connectivity index (χ3v) is 1.37. The van der Waals surface area contributed by atoms with Crippen molar-refractivity contribution in [3.05, 3.63) is 0 Å². The Hall–Kier alpha value is -1.59. The first kappa shape index (κ1) is 9.50. The van der Waals surface area contributed by atoms with E-state index in [-0.39, 0.29) is 12.0 Å². The smallest absolute Gasteiger partial charge is 0.271 e. The van der Waals surface area contributed by atoms with Crippen molar-refractivity contribution >= 4 is 18.0 Å². The van der Waals surface area contributed by atoms with Crippen molar-refractivity contribution in [2.24, 2.45) is 10.3 Å². The lowest BCUT2D eigenvalue weighted by molar-refractivity contribution is -0.113. The highest BCUT2D eigenvalue weighted by molar-refractivity contribution is 6.30. The van der Waals surface area contributed by atoms with Crippen molar-refractivity contribution in [3.63, 3.8) is 0 Å². The van der Waals surface area contributed by atoms with Gasteiger partial charge in [-0.2, -0.15) is 0 Å². The first-order chi connectivity index (χ1) is 6.22. The zero-order valence-electron chi connectivity index (χ0n) is 7.48. The van der Waals surface area contributed by atoms with Gasteiger partial charge in [-0.15, -0.1) is 0 Å². The van der Waals surface area contributed by atoms with Crippen LogP contribution >= 0.6 is 0 Å². The van der Waals surface area contributed by atoms with Crippen molar-refractivity contribution in [2.75, 3.05) is 7.11 Å². The number of oxime groups is 2. The van der Waals surface area contributed by atoms with Gasteiger partial charge in [0.2, 0.25) is 0 Å². The number of carbonyl (C=O) groups excluding carboxylic acids is 1. The molecular weight excluding hydrogens is 174 g/mol. The maximum absolute atomic E-state index is 11.0. The van der Waals surface area contributed by atoms with E-state index in [1.807, 2.05) is 6.92 Å². The summed E-state index contributed by atoms with van der Waals surface area (Å²) in [5.74, 6) is 0.137. The molecule has 0 aromatic carbocycles. The summed E-state index contributed by atoms with van der Waals surface area (Å²) in [6.07, 6.45) is 1.66. The highest BCUT2D eigenvalue weighted by Crippen LogP contribution is 2.06. The van der Waals surface area contributed by atoms with Crippen LogP contribution in [0.3, 0.4) is 0 Å². The van der Waals surface area contributed by atoms with Crippen LogP contribution in [0.5, 0.6) is 0 Å². The second-order valence-electron chi connectivity index (χ2n) is 2.56. The molecule has 0 fully saturated rings. The normalized spacial score (nSPS) is 21.1. The molecule has 1 amide bonds. The lowest BCUT2D eigenvalue weighted by Gasteiger charge is -1.97. The zero-order chi connectivity index (χ0) is 9.68. The maximum atomic E-state index is 11.0. The van der Waals surface area contributed by atoms with Crippen molar-refractivity contribution in [2.45, 2.75) is 19.4 Å². The third kappa shape index (κ3) is 3.10. The molecule has 1 aliphatic heterocycles. The summed E-state index contributed by atoms with van der Waals surface area (Å²) >= 11 is 0. The van der Waals surface area contributed by atoms with E-state index < -0.39 is 0 Å². The molecule has 1 unspecified atom stereocenters. The molecular formula is C7H11N3O3. The SMILES string of the molecule is CO/N=C/C(=O)NC1=NOC(C)C1. The summed E-state index contributed by atoms with van der Waals surface area (Å²) in [5.41, 5.74) is 0. The average Bonchev–Trinajstić information content (AvgIpc) is 2.48. The Morgan fingerprint density at radius 2 is 2.69 bits per heavy atom. The number of rotatable bonds is 2. The van der Waals surface area contributed by atoms with Gasteiger partial charge in [0.15, 0.2) is 5.84 Å². The van der Waals surface area contributed by atoms with Gasteiger partial charge in [-0.05, 0) is 6.92 Å². The number of amides is 1. The molecule has 0 spiro atoms. The van der Waals surface area contributed by atoms with Crippen LogP contribution in [0.4, 0.5) is 0 Å². The van der Waals surface area contributed by atoms with E-state index in [0.29, 0.717) is 12.3 Å². The fourth-order valence-electron chi connectivity index (χ4n) is 0.849. The third-order valence-electron chi connectivity index (χ3n) is 1.37. The molecule has 0 radical (unpaired) electrons. The molecule has 1 rings (SSSR count). The summed E-state index contributed by atoms with van der Waals surface area (Å²) in [5, 5.41) is 9.45. The van der Waals surface area contributed by atoms with Crippen molar-refractivity contribution in [1.82, 2.24) is 5.32 Å². The van der Waals surface area contributed by atoms with Crippen LogP contribution in [0.25, 0.3) is 0 Å². The molecule has 0 saturated heterocycles. The van der Waals surface area contributed by atoms with Crippen LogP contribution in [0.15, 0.2) is 10.3 Å². The van der Waals surface area contributed by atoms with Gasteiger partial charge in [-0.1, -0.05) is 10.3 Å². The first-order valence-electron chi connectivity index (χ1n) is 3.82. The Kier molecular flexibility index (Phi) is 3.24. The number of hydrogen-bond donors (Lipinski definition) is 1. The summed E-state index contributed by atoms with van der Waals surface area (Å²) in [4.78, 5) is 20.2. The van der Waals surface area contributed by atoms with E-state index in [1.54, 1.807) is 0 Å². The van der Waals surface area contributed by atoms with Gasteiger partial charge in [0.25, 0.3) is 5.91 Å². The Labute approximate surface area is 75.6 Å². The van der Waals surface area contributed by atoms with Crippen molar-refractivity contribution in [1.29, 1.82) is 0 Å². The second kappa shape index (κ2) is 4.44. The van der Waals surface area contributed by atoms with E-state index in [2.05, 4.69) is 20.5 Å². The second-order valence-corrected chi connectivity index (χ2v) is 2.56. The molecule has 0 aliphatic carbocycles. The van der Waals surface area contributed by atoms with Crippen LogP contribution in [0.2, 0.25) is 0 Å². The first-order valence-corrected chi connectivity index (χ1v) is 3.82. The Bertz CT molecular complexity index is 249. The molecule has 0 bridgehead atoms. The maximum Gasteiger partial charge on any atom is 0.271 e. The molecule has 0 aromatic rings. The molecule has 1 atom stereocenters. The number of hydrogen-bond acceptors (Lipinski definition) is 5. The van der Waals surface area contributed by atoms with Gasteiger partial charge in [0, 0.05) is 6.42 Å². The van der Waals surface area contributed by atoms with Crippen LogP contribution in [-0.4, -0.2) is 31.2 Å². The van der Waals surface area contributed by atoms with E-state index in [4.69, 9.17) is 4.84 Å². The van der Waals surface area contributed by atoms with E-state index in [9.17, 15) is 4.79 Å². The average molecular weight is 185 g/mol. The van der Waals surface area contributed by atoms with Gasteiger partial charge in [-0.25, -0.2) is 0 Å². The number of carbonyl (C=O) groups is 1. The molecule has 72 valence electrons. The van der Waals surface area contributed by atoms with Crippen LogP contribution in [0, 0.1) is 0 Å². The fourth-order valence-corrected chi connectivity index (χ4v) is 0.849. The summed E-state index contributed by atoms with van der Waals surface area (Å²) in [6.45, 7) is 1.87. The minimum atomic E-state index is -0.377. The molecule has 6 heteroatoms. The van der Waals surface area contributed by atoms with E-state index in [0.717, 1.165) is 6.21 Å². The highest BCUT2D eigenvalue weighted by Gasteiger charge is 2.17. The highest BCUT2D eigenvalue weighted by atomic mass is 16.6. The Morgan fingerprint density at radius 1 is 1.92 bits per heavy atom. The predicted molar refractivity (Wildman–Crippen MR) is 46.2 cm³/mol. The van der Waals surface area contributed by atoms with Gasteiger partial charge in [0.1, 0.15) is 19.4 Å². The van der Waals surface area contributed by atoms with E-state index >= 15 is 0 Å². The minimum Gasteiger partial charge on any atom is -0.399 e. The predicted octanol–water partition coefficient (Wildman–Crippen LogP) is -0.143. The quantitative estimate of drug-likeness (QED) is 0.480. The van der Waals surface area contributed by atoms with Gasteiger partial charge in [0.05, 0.1) is 0 Å². The van der Waals surface area contributed by atoms with Crippen LogP contribution < -0.4 is 5.32 Å². The Balaban J connectivity index is 2.33.